The highest BCUT2D eigenvalue weighted by atomic mass is 32.2. The van der Waals surface area contributed by atoms with E-state index in [2.05, 4.69) is 65.8 Å². The number of hydrogen-bond donors (Lipinski definition) is 0. The van der Waals surface area contributed by atoms with Gasteiger partial charge in [-0.25, -0.2) is 0 Å². The highest BCUT2D eigenvalue weighted by Gasteiger charge is 2.31. The van der Waals surface area contributed by atoms with Crippen molar-refractivity contribution in [3.8, 4) is 11.5 Å². The normalized spacial score (nSPS) is 20.5. The Kier molecular flexibility index (Phi) is 5.65. The van der Waals surface area contributed by atoms with Gasteiger partial charge in [0.05, 0.1) is 22.9 Å². The molecule has 5 nitrogen and oxygen atoms in total. The van der Waals surface area contributed by atoms with Gasteiger partial charge in [-0.3, -0.25) is 0 Å². The van der Waals surface area contributed by atoms with Crippen LogP contribution in [0.15, 0.2) is 74.1 Å². The van der Waals surface area contributed by atoms with Crippen LogP contribution in [-0.2, 0) is 13.0 Å². The van der Waals surface area contributed by atoms with Crippen LogP contribution in [0.1, 0.15) is 49.6 Å². The van der Waals surface area contributed by atoms with Crippen molar-refractivity contribution in [3.63, 3.8) is 0 Å². The Morgan fingerprint density at radius 2 is 1.95 bits per heavy atom. The molecule has 6 heteroatoms. The monoisotopic (exact) mass is 511 g/mol. The van der Waals surface area contributed by atoms with Gasteiger partial charge in [0, 0.05) is 17.5 Å². The minimum absolute atomic E-state index is 0.269. The van der Waals surface area contributed by atoms with E-state index in [1.54, 1.807) is 0 Å². The first-order chi connectivity index (χ1) is 18.2. The number of aryl methyl sites for hydroxylation is 3. The van der Waals surface area contributed by atoms with E-state index in [0.717, 1.165) is 54.4 Å². The van der Waals surface area contributed by atoms with E-state index in [1.807, 2.05) is 23.9 Å². The van der Waals surface area contributed by atoms with E-state index < -0.39 is 0 Å². The lowest BCUT2D eigenvalue weighted by atomic mass is 9.94. The molecule has 0 N–H and O–H groups in total. The number of hydrogen-bond acceptors (Lipinski definition) is 5. The Morgan fingerprint density at radius 3 is 2.84 bits per heavy atom. The first-order valence-corrected chi connectivity index (χ1v) is 14.1. The van der Waals surface area contributed by atoms with Crippen molar-refractivity contribution in [1.82, 2.24) is 0 Å². The van der Waals surface area contributed by atoms with Gasteiger partial charge >= 0.3 is 5.89 Å². The van der Waals surface area contributed by atoms with Crippen LogP contribution < -0.4 is 18.9 Å². The summed E-state index contributed by atoms with van der Waals surface area (Å²) in [5.41, 5.74) is 8.98. The fourth-order valence-corrected chi connectivity index (χ4v) is 7.22. The summed E-state index contributed by atoms with van der Waals surface area (Å²) in [5, 5.41) is 1.38. The summed E-state index contributed by atoms with van der Waals surface area (Å²) in [6.07, 6.45) is 17.1. The maximum atomic E-state index is 6.17. The molecule has 2 aromatic carbocycles. The van der Waals surface area contributed by atoms with Gasteiger partial charge in [-0.15, -0.1) is 0 Å². The lowest BCUT2D eigenvalue weighted by Gasteiger charge is -2.28. The smallest absolute Gasteiger partial charge is 0.374 e. The number of nitrogens with zero attached hydrogens (tertiary/aromatic N) is 2. The minimum atomic E-state index is 0.269. The number of thioether (sulfide) groups is 1. The minimum Gasteiger partial charge on any atom is -0.453 e. The number of rotatable bonds is 4. The van der Waals surface area contributed by atoms with Crippen LogP contribution in [0, 0.1) is 6.92 Å². The van der Waals surface area contributed by atoms with Gasteiger partial charge in [0.2, 0.25) is 12.4 Å². The van der Waals surface area contributed by atoms with E-state index in [9.17, 15) is 0 Å². The Bertz CT molecular complexity index is 1540. The van der Waals surface area contributed by atoms with E-state index in [-0.39, 0.29) is 6.79 Å². The topological polar surface area (TPSA) is 38.7 Å². The van der Waals surface area contributed by atoms with Gasteiger partial charge in [0.15, 0.2) is 11.5 Å². The second kappa shape index (κ2) is 9.18. The number of allylic oxidation sites excluding steroid dienone is 6. The highest BCUT2D eigenvalue weighted by Crippen LogP contribution is 2.51. The molecule has 4 aliphatic rings. The van der Waals surface area contributed by atoms with Gasteiger partial charge in [-0.05, 0) is 80.4 Å². The van der Waals surface area contributed by atoms with Crippen LogP contribution >= 0.6 is 11.8 Å². The molecule has 0 fully saturated rings. The van der Waals surface area contributed by atoms with Crippen molar-refractivity contribution in [2.24, 2.45) is 0 Å². The first-order valence-electron chi connectivity index (χ1n) is 13.3. The Hall–Kier alpha value is -3.38. The summed E-state index contributed by atoms with van der Waals surface area (Å²) in [6.45, 7) is 6.56. The van der Waals surface area contributed by atoms with Crippen molar-refractivity contribution in [2.75, 3.05) is 18.2 Å². The van der Waals surface area contributed by atoms with Crippen LogP contribution in [0.5, 0.6) is 11.5 Å². The van der Waals surface area contributed by atoms with Crippen molar-refractivity contribution in [1.29, 1.82) is 0 Å². The third kappa shape index (κ3) is 4.08. The van der Waals surface area contributed by atoms with E-state index in [0.29, 0.717) is 0 Å². The molecule has 0 saturated heterocycles. The zero-order chi connectivity index (χ0) is 24.9. The molecule has 37 heavy (non-hydrogen) atoms. The number of benzene rings is 2. The first kappa shape index (κ1) is 22.8. The summed E-state index contributed by atoms with van der Waals surface area (Å²) in [4.78, 5) is 3.98. The Morgan fingerprint density at radius 1 is 1.05 bits per heavy atom. The second-order valence-corrected chi connectivity index (χ2v) is 11.2. The molecule has 3 aliphatic heterocycles. The number of fused-ring (bicyclic) bond motifs is 2. The fourth-order valence-electron chi connectivity index (χ4n) is 5.91. The van der Waals surface area contributed by atoms with Crippen LogP contribution in [-0.4, -0.2) is 13.3 Å². The Labute approximate surface area is 221 Å². The van der Waals surface area contributed by atoms with Crippen LogP contribution in [0.2, 0.25) is 0 Å². The van der Waals surface area contributed by atoms with Crippen LogP contribution in [0.4, 0.5) is 5.69 Å². The largest absolute Gasteiger partial charge is 0.453 e. The molecule has 0 spiro atoms. The lowest BCUT2D eigenvalue weighted by molar-refractivity contribution is -0.674. The van der Waals surface area contributed by atoms with Gasteiger partial charge in [0.1, 0.15) is 6.54 Å². The summed E-state index contributed by atoms with van der Waals surface area (Å²) >= 11 is 1.94. The quantitative estimate of drug-likeness (QED) is 0.346. The van der Waals surface area contributed by atoms with Crippen LogP contribution in [0.25, 0.3) is 17.2 Å². The number of anilines is 1. The number of aromatic nitrogens is 1. The molecule has 0 unspecified atom stereocenters. The summed E-state index contributed by atoms with van der Waals surface area (Å²) in [7, 11) is 0. The summed E-state index contributed by atoms with van der Waals surface area (Å²) < 4.78 is 19.4. The van der Waals surface area contributed by atoms with Crippen LogP contribution in [0.3, 0.4) is 0 Å². The predicted octanol–water partition coefficient (Wildman–Crippen LogP) is 7.23. The zero-order valence-electron chi connectivity index (χ0n) is 21.4. The van der Waals surface area contributed by atoms with Crippen molar-refractivity contribution in [3.05, 3.63) is 81.8 Å². The molecule has 1 aliphatic carbocycles. The average molecular weight is 512 g/mol. The van der Waals surface area contributed by atoms with Gasteiger partial charge < -0.3 is 18.8 Å². The molecular weight excluding hydrogens is 480 g/mol. The maximum absolute atomic E-state index is 6.17. The number of ether oxygens (including phenoxy) is 2. The molecule has 0 saturated carbocycles. The molecule has 0 atom stereocenters. The van der Waals surface area contributed by atoms with Gasteiger partial charge in [-0.2, -0.15) is 4.57 Å². The molecule has 7 rings (SSSR count). The molecule has 0 bridgehead atoms. The molecule has 188 valence electrons. The lowest BCUT2D eigenvalue weighted by Crippen LogP contribution is -2.33. The number of oxazole rings is 1. The zero-order valence-corrected chi connectivity index (χ0v) is 22.2. The van der Waals surface area contributed by atoms with Crippen molar-refractivity contribution >= 4 is 34.6 Å². The predicted molar refractivity (Wildman–Crippen MR) is 148 cm³/mol. The van der Waals surface area contributed by atoms with E-state index in [1.165, 1.54) is 57.1 Å². The van der Waals surface area contributed by atoms with Gasteiger partial charge in [0.25, 0.3) is 5.52 Å². The van der Waals surface area contributed by atoms with Gasteiger partial charge in [-0.1, -0.05) is 36.1 Å². The average Bonchev–Trinajstić information content (AvgIpc) is 3.58. The molecule has 0 amide bonds. The highest BCUT2D eigenvalue weighted by molar-refractivity contribution is 8.03. The molecule has 3 aromatic rings. The SMILES string of the molecule is CC[n+]1c(/C=C/C=C2C=C(/C=C3\Sc4cc(C)cc5c4N3CCC5)CCC/2)oc2cc3c(cc21)OCO3. The van der Waals surface area contributed by atoms with Crippen molar-refractivity contribution < 1.29 is 18.5 Å². The molecule has 0 radical (unpaired) electrons. The third-order valence-corrected chi connectivity index (χ3v) is 8.66. The molecular formula is C31H31N2O3S+. The molecule has 1 aromatic heterocycles. The Balaban J connectivity index is 1.14. The third-order valence-electron chi connectivity index (χ3n) is 7.58. The maximum Gasteiger partial charge on any atom is 0.374 e. The molecule has 4 heterocycles. The van der Waals surface area contributed by atoms with E-state index in [4.69, 9.17) is 13.9 Å². The fraction of sp³-hybridized carbons (Fsp3) is 0.323. The summed E-state index contributed by atoms with van der Waals surface area (Å²) in [6, 6.07) is 8.66. The second-order valence-electron chi connectivity index (χ2n) is 10.1. The standard InChI is InChI=1S/C31H31N2O3S/c1-3-32-24-17-26-27(35-19-34-26)18-25(24)36-29(32)11-5-8-21-7-4-9-22(15-21)16-30-33-12-6-10-23-13-20(2)14-28(37-30)31(23)33/h5,8,11,13-18H,3-4,6-7,9-10,12,19H2,1-2H3/q+1. The summed E-state index contributed by atoms with van der Waals surface area (Å²) in [5.74, 6) is 2.36. The van der Waals surface area contributed by atoms with Crippen molar-refractivity contribution in [2.45, 2.75) is 57.4 Å². The van der Waals surface area contributed by atoms with E-state index >= 15 is 0 Å².